The fraction of sp³-hybridized carbons (Fsp3) is 0.509. The lowest BCUT2D eigenvalue weighted by molar-refractivity contribution is -0.147. The van der Waals surface area contributed by atoms with Gasteiger partial charge in [0.1, 0.15) is 31.5 Å². The van der Waals surface area contributed by atoms with E-state index in [1.807, 2.05) is 24.3 Å². The smallest absolute Gasteiger partial charge is 0.463 e. The van der Waals surface area contributed by atoms with E-state index in [2.05, 4.69) is 141 Å². The number of carbonyl (C=O) groups is 2. The Hall–Kier alpha value is -4.08. The number of aliphatic hydroxyl groups is 3. The topological polar surface area (TPSA) is 225 Å². The molecule has 0 aliphatic rings. The first-order valence-corrected chi connectivity index (χ1v) is 27.2. The van der Waals surface area contributed by atoms with Crippen LogP contribution in [0.2, 0.25) is 0 Å². The fourth-order valence-corrected chi connectivity index (χ4v) is 6.75. The number of rotatable bonds is 44. The van der Waals surface area contributed by atoms with Crippen molar-refractivity contribution in [3.05, 3.63) is 146 Å². The van der Waals surface area contributed by atoms with Crippen LogP contribution >= 0.6 is 15.6 Å². The van der Waals surface area contributed by atoms with E-state index in [0.717, 1.165) is 70.6 Å². The summed E-state index contributed by atoms with van der Waals surface area (Å²) in [4.78, 5) is 43.7. The summed E-state index contributed by atoms with van der Waals surface area (Å²) in [5.74, 6) is -1.19. The van der Waals surface area contributed by atoms with Gasteiger partial charge in [-0.3, -0.25) is 27.7 Å². The van der Waals surface area contributed by atoms with E-state index >= 15 is 0 Å². The minimum absolute atomic E-state index is 0.0481. The molecule has 0 saturated carbocycles. The summed E-state index contributed by atoms with van der Waals surface area (Å²) in [6.07, 6.45) is 57.3. The second-order valence-electron chi connectivity index (χ2n) is 15.4. The van der Waals surface area contributed by atoms with Gasteiger partial charge in [-0.05, 0) is 89.9 Å². The largest absolute Gasteiger partial charge is 0.472 e. The molecule has 0 aliphatic carbocycles. The van der Waals surface area contributed by atoms with E-state index in [9.17, 15) is 43.8 Å². The molecule has 0 aromatic carbocycles. The summed E-state index contributed by atoms with van der Waals surface area (Å²) in [5, 5.41) is 30.0. The van der Waals surface area contributed by atoms with Crippen LogP contribution in [0.4, 0.5) is 0 Å². The van der Waals surface area contributed by atoms with Gasteiger partial charge in [0.25, 0.3) is 0 Å². The average Bonchev–Trinajstić information content (AvgIpc) is 3.34. The molecular weight excluding hydrogens is 939 g/mol. The van der Waals surface area contributed by atoms with Gasteiger partial charge in [0.15, 0.2) is 0 Å². The summed E-state index contributed by atoms with van der Waals surface area (Å²) in [6.45, 7) is -0.0454. The number of esters is 2. The van der Waals surface area contributed by atoms with E-state index < -0.39 is 85.5 Å². The van der Waals surface area contributed by atoms with Gasteiger partial charge in [0.2, 0.25) is 0 Å². The molecule has 5 unspecified atom stereocenters. The van der Waals surface area contributed by atoms with Crippen molar-refractivity contribution in [1.82, 2.24) is 0 Å². The third-order valence-electron chi connectivity index (χ3n) is 8.82. The van der Waals surface area contributed by atoms with Crippen LogP contribution in [0.5, 0.6) is 0 Å². The van der Waals surface area contributed by atoms with Gasteiger partial charge in [0.05, 0.1) is 32.8 Å². The van der Waals surface area contributed by atoms with Gasteiger partial charge in [-0.2, -0.15) is 0 Å². The van der Waals surface area contributed by atoms with E-state index in [4.69, 9.17) is 9.47 Å². The Morgan fingerprint density at radius 1 is 0.386 bits per heavy atom. The molecule has 0 aromatic heterocycles. The Morgan fingerprint density at radius 3 is 0.957 bits per heavy atom. The van der Waals surface area contributed by atoms with Crippen LogP contribution in [0.15, 0.2) is 146 Å². The van der Waals surface area contributed by atoms with E-state index in [-0.39, 0.29) is 12.8 Å². The molecule has 0 fully saturated rings. The number of phosphoric acid groups is 2. The van der Waals surface area contributed by atoms with Gasteiger partial charge in [0, 0.05) is 6.42 Å². The van der Waals surface area contributed by atoms with Gasteiger partial charge in [-0.15, -0.1) is 0 Å². The molecule has 17 heteroatoms. The highest BCUT2D eigenvalue weighted by Gasteiger charge is 2.28. The predicted octanol–water partition coefficient (Wildman–Crippen LogP) is 11.4. The number of hydrogen-bond acceptors (Lipinski definition) is 13. The number of phosphoric ester groups is 2. The predicted molar refractivity (Wildman–Crippen MR) is 278 cm³/mol. The fourth-order valence-electron chi connectivity index (χ4n) is 5.15. The first-order chi connectivity index (χ1) is 33.8. The first-order valence-electron chi connectivity index (χ1n) is 24.2. The number of allylic oxidation sites excluding steroid dienone is 23. The maximum atomic E-state index is 12.2. The summed E-state index contributed by atoms with van der Waals surface area (Å²) >= 11 is 0. The lowest BCUT2D eigenvalue weighted by Gasteiger charge is -2.19. The molecule has 0 aliphatic heterocycles. The van der Waals surface area contributed by atoms with Crippen LogP contribution in [-0.4, -0.2) is 95.0 Å². The van der Waals surface area contributed by atoms with Crippen molar-refractivity contribution >= 4 is 27.6 Å². The molecule has 0 radical (unpaired) electrons. The van der Waals surface area contributed by atoms with Crippen LogP contribution in [0.25, 0.3) is 0 Å². The Labute approximate surface area is 418 Å². The molecule has 15 nitrogen and oxygen atoms in total. The van der Waals surface area contributed by atoms with Gasteiger partial charge in [-0.25, -0.2) is 9.13 Å². The molecule has 0 rings (SSSR count). The van der Waals surface area contributed by atoms with Crippen LogP contribution in [0.3, 0.4) is 0 Å². The van der Waals surface area contributed by atoms with Gasteiger partial charge in [-0.1, -0.05) is 160 Å². The molecule has 70 heavy (non-hydrogen) atoms. The van der Waals surface area contributed by atoms with Gasteiger partial charge < -0.3 is 34.6 Å². The monoisotopic (exact) mass is 1020 g/mol. The van der Waals surface area contributed by atoms with Crippen LogP contribution < -0.4 is 0 Å². The van der Waals surface area contributed by atoms with Crippen LogP contribution in [0.1, 0.15) is 117 Å². The number of unbranched alkanes of at least 4 members (excludes halogenated alkanes) is 1. The highest BCUT2D eigenvalue weighted by atomic mass is 31.2. The van der Waals surface area contributed by atoms with E-state index in [1.165, 1.54) is 0 Å². The van der Waals surface area contributed by atoms with E-state index in [1.54, 1.807) is 12.2 Å². The Bertz CT molecular complexity index is 1810. The van der Waals surface area contributed by atoms with Crippen LogP contribution in [0, 0.1) is 0 Å². The molecule has 0 saturated heterocycles. The normalized spacial score (nSPS) is 16.2. The maximum Gasteiger partial charge on any atom is 0.472 e. The molecular formula is C53H82O15P2. The highest BCUT2D eigenvalue weighted by molar-refractivity contribution is 7.47. The minimum Gasteiger partial charge on any atom is -0.463 e. The molecule has 0 amide bonds. The molecule has 0 bridgehead atoms. The molecule has 0 spiro atoms. The standard InChI is InChI=1S/C53H82O15P2/c1-3-5-7-9-11-13-15-17-19-21-22-23-24-26-28-30-32-34-36-38-40-42-53(58)64-44-50(55)46-66-70(61,62)68-48-51(56)47-67-69(59,60)65-45-49(54)43-63-52(57)41-39-37-35-33-31-29-27-25-20-18-16-14-12-10-8-6-4-2/h5-8,11-14,17-20,22-23,26-29,32-35,38,40,49-51,54-56H,3-4,9-10,15-16,21,24-25,30-31,36-37,39,41-48H2,1-2H3,(H,59,60)(H,61,62)/b7-5-,8-6-,13-11-,14-12-,19-17-,20-18-,23-22-,28-26-,29-27-,34-32-,35-33-,40-38-. The number of ether oxygens (including phenoxy) is 2. The third-order valence-corrected chi connectivity index (χ3v) is 10.7. The number of aliphatic hydroxyl groups excluding tert-OH is 3. The zero-order chi connectivity index (χ0) is 51.7. The van der Waals surface area contributed by atoms with E-state index in [0.29, 0.717) is 19.3 Å². The van der Waals surface area contributed by atoms with Crippen molar-refractivity contribution < 1.29 is 71.4 Å². The lowest BCUT2D eigenvalue weighted by Crippen LogP contribution is -2.25. The maximum absolute atomic E-state index is 12.2. The Morgan fingerprint density at radius 2 is 0.643 bits per heavy atom. The lowest BCUT2D eigenvalue weighted by atomic mass is 10.2. The Kier molecular flexibility index (Phi) is 44.5. The van der Waals surface area contributed by atoms with Crippen molar-refractivity contribution in [3.8, 4) is 0 Å². The SMILES string of the molecule is CC/C=C\C/C=C\C/C=C\C/C=C\C/C=C\C/C=C\C/C=C\CC(=O)OCC(O)COP(=O)(O)OCC(O)COP(=O)(O)OCC(O)COC(=O)CCC/C=C\C/C=C\C/C=C\C/C=C\C/C=C\CC. The highest BCUT2D eigenvalue weighted by Crippen LogP contribution is 2.45. The quantitative estimate of drug-likeness (QED) is 0.0166. The summed E-state index contributed by atoms with van der Waals surface area (Å²) in [5.41, 5.74) is 0. The molecule has 5 N–H and O–H groups in total. The zero-order valence-electron chi connectivity index (χ0n) is 41.4. The second-order valence-corrected chi connectivity index (χ2v) is 18.3. The number of hydrogen-bond donors (Lipinski definition) is 5. The van der Waals surface area contributed by atoms with Crippen LogP contribution in [-0.2, 0) is 46.3 Å². The third kappa shape index (κ3) is 48.9. The Balaban J connectivity index is 4.06. The van der Waals surface area contributed by atoms with Crippen molar-refractivity contribution in [3.63, 3.8) is 0 Å². The first kappa shape index (κ1) is 65.9. The molecule has 394 valence electrons. The summed E-state index contributed by atoms with van der Waals surface area (Å²) < 4.78 is 52.8. The zero-order valence-corrected chi connectivity index (χ0v) is 43.1. The molecule has 5 atom stereocenters. The van der Waals surface area contributed by atoms with Crippen molar-refractivity contribution in [2.75, 3.05) is 39.6 Å². The van der Waals surface area contributed by atoms with Crippen molar-refractivity contribution in [1.29, 1.82) is 0 Å². The molecule has 0 heterocycles. The number of carbonyl (C=O) groups excluding carboxylic acids is 2. The molecule has 0 aromatic rings. The van der Waals surface area contributed by atoms with Crippen molar-refractivity contribution in [2.45, 2.75) is 135 Å². The summed E-state index contributed by atoms with van der Waals surface area (Å²) in [7, 11) is -9.64. The average molecular weight is 1020 g/mol. The van der Waals surface area contributed by atoms with Crippen molar-refractivity contribution in [2.24, 2.45) is 0 Å². The summed E-state index contributed by atoms with van der Waals surface area (Å²) in [6, 6.07) is 0. The van der Waals surface area contributed by atoms with Gasteiger partial charge >= 0.3 is 27.6 Å². The minimum atomic E-state index is -4.82. The second kappa shape index (κ2) is 47.3.